The Balaban J connectivity index is 1.90. The molecule has 0 bridgehead atoms. The van der Waals surface area contributed by atoms with E-state index in [0.29, 0.717) is 26.1 Å². The molecule has 6 nitrogen and oxygen atoms in total. The maximum Gasteiger partial charge on any atom is 0.245 e. The quantitative estimate of drug-likeness (QED) is 0.509. The van der Waals surface area contributed by atoms with Crippen LogP contribution in [0.15, 0.2) is 0 Å². The maximum absolute atomic E-state index is 13.3. The van der Waals surface area contributed by atoms with Gasteiger partial charge in [-0.3, -0.25) is 14.4 Å². The van der Waals surface area contributed by atoms with Gasteiger partial charge in [-0.1, -0.05) is 66.2 Å². The smallest absolute Gasteiger partial charge is 0.245 e. The highest BCUT2D eigenvalue weighted by Crippen LogP contribution is 2.29. The molecular formula is C26H47N3O3. The molecule has 0 aromatic heterocycles. The molecule has 0 aromatic carbocycles. The van der Waals surface area contributed by atoms with E-state index in [1.807, 2.05) is 37.5 Å². The fraction of sp³-hybridized carbons (Fsp3) is 0.885. The van der Waals surface area contributed by atoms with Crippen LogP contribution in [-0.4, -0.2) is 59.2 Å². The van der Waals surface area contributed by atoms with Gasteiger partial charge in [0.2, 0.25) is 17.7 Å². The predicted octanol–water partition coefficient (Wildman–Crippen LogP) is 4.37. The summed E-state index contributed by atoms with van der Waals surface area (Å²) >= 11 is 0. The molecule has 2 aliphatic rings. The van der Waals surface area contributed by atoms with Crippen LogP contribution in [0, 0.1) is 17.8 Å². The van der Waals surface area contributed by atoms with Crippen molar-refractivity contribution in [1.29, 1.82) is 0 Å². The van der Waals surface area contributed by atoms with Gasteiger partial charge in [0.15, 0.2) is 0 Å². The number of nitrogens with zero attached hydrogens (tertiary/aromatic N) is 2. The summed E-state index contributed by atoms with van der Waals surface area (Å²) in [4.78, 5) is 42.8. The van der Waals surface area contributed by atoms with Crippen LogP contribution in [0.25, 0.3) is 0 Å². The standard InChI is InChI=1S/C26H47N3O3/c1-6-8-13-22(7-2)25(31)27-24(19(3)4)26(32)28-16-17-29(20(5)18-28)23(30)15-14-21-11-9-10-12-21/h19-22,24H,6-18H2,1-5H3,(H,27,31). The zero-order valence-electron chi connectivity index (χ0n) is 21.2. The van der Waals surface area contributed by atoms with Gasteiger partial charge in [0.1, 0.15) is 6.04 Å². The Hall–Kier alpha value is -1.59. The fourth-order valence-corrected chi connectivity index (χ4v) is 5.25. The highest BCUT2D eigenvalue weighted by molar-refractivity contribution is 5.89. The Morgan fingerprint density at radius 3 is 2.31 bits per heavy atom. The molecule has 3 unspecified atom stereocenters. The molecule has 0 radical (unpaired) electrons. The molecule has 32 heavy (non-hydrogen) atoms. The zero-order chi connectivity index (χ0) is 23.7. The molecule has 1 aliphatic heterocycles. The first-order chi connectivity index (χ1) is 15.3. The second-order valence-corrected chi connectivity index (χ2v) is 10.4. The molecule has 2 fully saturated rings. The number of unbranched alkanes of at least 4 members (excludes halogenated alkanes) is 1. The first-order valence-corrected chi connectivity index (χ1v) is 13.2. The normalized spacial score (nSPS) is 21.6. The molecule has 1 saturated heterocycles. The van der Waals surface area contributed by atoms with Crippen LogP contribution < -0.4 is 5.32 Å². The minimum absolute atomic E-state index is 0.00164. The number of carbonyl (C=O) groups is 3. The Morgan fingerprint density at radius 1 is 1.06 bits per heavy atom. The third kappa shape index (κ3) is 7.48. The largest absolute Gasteiger partial charge is 0.344 e. The summed E-state index contributed by atoms with van der Waals surface area (Å²) in [5.74, 6) is 0.933. The van der Waals surface area contributed by atoms with Gasteiger partial charge in [-0.2, -0.15) is 0 Å². The van der Waals surface area contributed by atoms with Crippen LogP contribution in [0.4, 0.5) is 0 Å². The molecule has 184 valence electrons. The Bertz CT molecular complexity index is 615. The maximum atomic E-state index is 13.3. The lowest BCUT2D eigenvalue weighted by molar-refractivity contribution is -0.145. The fourth-order valence-electron chi connectivity index (χ4n) is 5.25. The van der Waals surface area contributed by atoms with Crippen LogP contribution in [0.5, 0.6) is 0 Å². The van der Waals surface area contributed by atoms with Crippen molar-refractivity contribution < 1.29 is 14.4 Å². The van der Waals surface area contributed by atoms with Gasteiger partial charge in [-0.05, 0) is 38.0 Å². The van der Waals surface area contributed by atoms with Crippen molar-refractivity contribution >= 4 is 17.7 Å². The van der Waals surface area contributed by atoms with Crippen molar-refractivity contribution in [3.8, 4) is 0 Å². The predicted molar refractivity (Wildman–Crippen MR) is 129 cm³/mol. The van der Waals surface area contributed by atoms with Crippen molar-refractivity contribution in [2.24, 2.45) is 17.8 Å². The average molecular weight is 450 g/mol. The second kappa shape index (κ2) is 13.2. The van der Waals surface area contributed by atoms with E-state index in [1.165, 1.54) is 25.7 Å². The van der Waals surface area contributed by atoms with E-state index in [9.17, 15) is 14.4 Å². The molecule has 3 amide bonds. The van der Waals surface area contributed by atoms with Crippen molar-refractivity contribution in [3.05, 3.63) is 0 Å². The first kappa shape index (κ1) is 26.7. The Labute approximate surface area is 195 Å². The third-order valence-electron chi connectivity index (χ3n) is 7.50. The molecule has 1 N–H and O–H groups in total. The zero-order valence-corrected chi connectivity index (χ0v) is 21.2. The molecule has 0 aromatic rings. The summed E-state index contributed by atoms with van der Waals surface area (Å²) in [6.45, 7) is 11.9. The number of piperazine rings is 1. The molecule has 1 saturated carbocycles. The minimum atomic E-state index is -0.505. The van der Waals surface area contributed by atoms with Crippen LogP contribution in [0.2, 0.25) is 0 Å². The van der Waals surface area contributed by atoms with Gasteiger partial charge in [-0.25, -0.2) is 0 Å². The monoisotopic (exact) mass is 449 g/mol. The molecule has 3 atom stereocenters. The summed E-state index contributed by atoms with van der Waals surface area (Å²) in [7, 11) is 0. The van der Waals surface area contributed by atoms with E-state index in [-0.39, 0.29) is 35.6 Å². The van der Waals surface area contributed by atoms with Gasteiger partial charge in [-0.15, -0.1) is 0 Å². The number of nitrogens with one attached hydrogen (secondary N) is 1. The highest BCUT2D eigenvalue weighted by Gasteiger charge is 2.35. The van der Waals surface area contributed by atoms with Crippen molar-refractivity contribution in [3.63, 3.8) is 0 Å². The topological polar surface area (TPSA) is 69.7 Å². The average Bonchev–Trinajstić information content (AvgIpc) is 3.29. The third-order valence-corrected chi connectivity index (χ3v) is 7.50. The van der Waals surface area contributed by atoms with Gasteiger partial charge in [0.05, 0.1) is 0 Å². The SMILES string of the molecule is CCCCC(CC)C(=O)NC(C(=O)N1CCN(C(=O)CCC2CCCC2)C(C)C1)C(C)C. The minimum Gasteiger partial charge on any atom is -0.344 e. The number of rotatable bonds is 11. The van der Waals surface area contributed by atoms with Gasteiger partial charge >= 0.3 is 0 Å². The van der Waals surface area contributed by atoms with Crippen LogP contribution in [0.3, 0.4) is 0 Å². The van der Waals surface area contributed by atoms with E-state index in [0.717, 1.165) is 38.0 Å². The Kier molecular flexibility index (Phi) is 11.0. The van der Waals surface area contributed by atoms with E-state index >= 15 is 0 Å². The summed E-state index contributed by atoms with van der Waals surface area (Å²) in [6, 6.07) is -0.491. The molecule has 0 spiro atoms. The number of hydrogen-bond donors (Lipinski definition) is 1. The van der Waals surface area contributed by atoms with Crippen molar-refractivity contribution in [2.75, 3.05) is 19.6 Å². The van der Waals surface area contributed by atoms with Gasteiger partial charge < -0.3 is 15.1 Å². The van der Waals surface area contributed by atoms with E-state index in [4.69, 9.17) is 0 Å². The van der Waals surface area contributed by atoms with Gasteiger partial charge in [0, 0.05) is 38.0 Å². The number of carbonyl (C=O) groups excluding carboxylic acids is 3. The Morgan fingerprint density at radius 2 is 1.75 bits per heavy atom. The van der Waals surface area contributed by atoms with E-state index < -0.39 is 6.04 Å². The van der Waals surface area contributed by atoms with E-state index in [2.05, 4.69) is 12.2 Å². The van der Waals surface area contributed by atoms with Crippen LogP contribution >= 0.6 is 0 Å². The molecular weight excluding hydrogens is 402 g/mol. The molecule has 1 aliphatic carbocycles. The lowest BCUT2D eigenvalue weighted by Crippen LogP contribution is -2.60. The number of amides is 3. The van der Waals surface area contributed by atoms with Crippen LogP contribution in [0.1, 0.15) is 98.8 Å². The number of hydrogen-bond acceptors (Lipinski definition) is 3. The van der Waals surface area contributed by atoms with Gasteiger partial charge in [0.25, 0.3) is 0 Å². The van der Waals surface area contributed by atoms with Crippen LogP contribution in [-0.2, 0) is 14.4 Å². The summed E-state index contributed by atoms with van der Waals surface area (Å²) in [6.07, 6.45) is 10.5. The van der Waals surface area contributed by atoms with Crippen molar-refractivity contribution in [1.82, 2.24) is 15.1 Å². The summed E-state index contributed by atoms with van der Waals surface area (Å²) in [5.41, 5.74) is 0. The van der Waals surface area contributed by atoms with Crippen molar-refractivity contribution in [2.45, 2.75) is 111 Å². The molecule has 6 heteroatoms. The summed E-state index contributed by atoms with van der Waals surface area (Å²) in [5, 5.41) is 3.06. The molecule has 1 heterocycles. The molecule has 2 rings (SSSR count). The lowest BCUT2D eigenvalue weighted by atomic mass is 9.96. The highest BCUT2D eigenvalue weighted by atomic mass is 16.2. The summed E-state index contributed by atoms with van der Waals surface area (Å²) < 4.78 is 0. The van der Waals surface area contributed by atoms with E-state index in [1.54, 1.807) is 0 Å². The first-order valence-electron chi connectivity index (χ1n) is 13.2. The second-order valence-electron chi connectivity index (χ2n) is 10.4. The lowest BCUT2D eigenvalue weighted by Gasteiger charge is -2.41.